The molecule has 0 saturated carbocycles. The van der Waals surface area contributed by atoms with Gasteiger partial charge in [0.25, 0.3) is 0 Å². The summed E-state index contributed by atoms with van der Waals surface area (Å²) >= 11 is 0. The van der Waals surface area contributed by atoms with Crippen LogP contribution in [-0.4, -0.2) is 0 Å². The van der Waals surface area contributed by atoms with E-state index in [4.69, 9.17) is 0 Å². The Balaban J connectivity index is 1.98. The highest BCUT2D eigenvalue weighted by Gasteiger charge is 2.00. The van der Waals surface area contributed by atoms with Crippen molar-refractivity contribution in [1.29, 1.82) is 0 Å². The third-order valence-electron chi connectivity index (χ3n) is 3.47. The fourth-order valence-electron chi connectivity index (χ4n) is 2.38. The van der Waals surface area contributed by atoms with Crippen molar-refractivity contribution in [3.63, 3.8) is 0 Å². The molecule has 0 unspecified atom stereocenters. The molecule has 0 aliphatic rings. The van der Waals surface area contributed by atoms with Crippen LogP contribution in [0.15, 0.2) is 66.7 Å². The molecule has 0 aliphatic heterocycles. The van der Waals surface area contributed by atoms with Gasteiger partial charge in [0, 0.05) is 0 Å². The zero-order valence-electron chi connectivity index (χ0n) is 10.6. The maximum absolute atomic E-state index is 2.29. The zero-order chi connectivity index (χ0) is 12.4. The van der Waals surface area contributed by atoms with Crippen molar-refractivity contribution < 1.29 is 0 Å². The first kappa shape index (κ1) is 11.0. The van der Waals surface area contributed by atoms with Crippen LogP contribution in [-0.2, 0) is 6.42 Å². The fraction of sp³-hybridized carbons (Fsp3) is 0.111. The summed E-state index contributed by atoms with van der Waals surface area (Å²) in [5.74, 6) is 0. The monoisotopic (exact) mass is 232 g/mol. The summed E-state index contributed by atoms with van der Waals surface area (Å²) in [6, 6.07) is 23.9. The lowest BCUT2D eigenvalue weighted by Gasteiger charge is -2.07. The third kappa shape index (κ3) is 2.14. The molecule has 0 heteroatoms. The van der Waals surface area contributed by atoms with Gasteiger partial charge in [0.2, 0.25) is 0 Å². The molecule has 88 valence electrons. The molecule has 3 aromatic rings. The first-order chi connectivity index (χ1) is 8.83. The van der Waals surface area contributed by atoms with Gasteiger partial charge in [-0.15, -0.1) is 0 Å². The van der Waals surface area contributed by atoms with E-state index in [1.807, 2.05) is 0 Å². The van der Waals surface area contributed by atoms with E-state index in [1.165, 1.54) is 27.5 Å². The van der Waals surface area contributed by atoms with Crippen LogP contribution in [0.1, 0.15) is 16.7 Å². The van der Waals surface area contributed by atoms with E-state index in [1.54, 1.807) is 0 Å². The van der Waals surface area contributed by atoms with Gasteiger partial charge >= 0.3 is 0 Å². The second-order valence-corrected chi connectivity index (χ2v) is 4.78. The van der Waals surface area contributed by atoms with E-state index in [-0.39, 0.29) is 0 Å². The summed E-state index contributed by atoms with van der Waals surface area (Å²) in [7, 11) is 0. The van der Waals surface area contributed by atoms with Gasteiger partial charge in [0.15, 0.2) is 0 Å². The van der Waals surface area contributed by atoms with Crippen molar-refractivity contribution in [2.75, 3.05) is 0 Å². The second-order valence-electron chi connectivity index (χ2n) is 4.78. The molecular formula is C18H16. The molecule has 3 aromatic carbocycles. The van der Waals surface area contributed by atoms with Gasteiger partial charge in [-0.2, -0.15) is 0 Å². The molecule has 0 fully saturated rings. The fourth-order valence-corrected chi connectivity index (χ4v) is 2.38. The predicted octanol–water partition coefficient (Wildman–Crippen LogP) is 4.74. The summed E-state index contributed by atoms with van der Waals surface area (Å²) in [4.78, 5) is 0. The average molecular weight is 232 g/mol. The zero-order valence-corrected chi connectivity index (χ0v) is 10.6. The third-order valence-corrected chi connectivity index (χ3v) is 3.47. The van der Waals surface area contributed by atoms with Crippen LogP contribution in [0.4, 0.5) is 0 Å². The van der Waals surface area contributed by atoms with Crippen LogP contribution >= 0.6 is 0 Å². The van der Waals surface area contributed by atoms with E-state index < -0.39 is 0 Å². The molecular weight excluding hydrogens is 216 g/mol. The minimum Gasteiger partial charge on any atom is -0.0620 e. The molecule has 18 heavy (non-hydrogen) atoms. The number of benzene rings is 3. The van der Waals surface area contributed by atoms with E-state index in [2.05, 4.69) is 73.7 Å². The van der Waals surface area contributed by atoms with Gasteiger partial charge in [-0.1, -0.05) is 66.7 Å². The average Bonchev–Trinajstić information content (AvgIpc) is 2.41. The molecule has 0 N–H and O–H groups in total. The molecule has 0 aromatic heterocycles. The Kier molecular flexibility index (Phi) is 2.85. The molecule has 0 radical (unpaired) electrons. The molecule has 0 amide bonds. The number of hydrogen-bond donors (Lipinski definition) is 0. The lowest BCUT2D eigenvalue weighted by molar-refractivity contribution is 1.16. The summed E-state index contributed by atoms with van der Waals surface area (Å²) in [5.41, 5.74) is 4.15. The van der Waals surface area contributed by atoms with Crippen molar-refractivity contribution in [2.45, 2.75) is 13.3 Å². The normalized spacial score (nSPS) is 10.7. The van der Waals surface area contributed by atoms with Crippen molar-refractivity contribution in [2.24, 2.45) is 0 Å². The van der Waals surface area contributed by atoms with Crippen molar-refractivity contribution >= 4 is 10.8 Å². The number of aryl methyl sites for hydroxylation is 1. The summed E-state index contributed by atoms with van der Waals surface area (Å²) in [6.45, 7) is 2.18. The largest absolute Gasteiger partial charge is 0.0620 e. The van der Waals surface area contributed by atoms with Crippen LogP contribution in [0.5, 0.6) is 0 Å². The Morgan fingerprint density at radius 1 is 0.722 bits per heavy atom. The SMILES string of the molecule is Cc1ccccc1Cc1ccc2ccccc2c1. The van der Waals surface area contributed by atoms with E-state index >= 15 is 0 Å². The maximum Gasteiger partial charge on any atom is -0.00229 e. The van der Waals surface area contributed by atoms with E-state index in [0.29, 0.717) is 0 Å². The van der Waals surface area contributed by atoms with Crippen LogP contribution in [0.3, 0.4) is 0 Å². The number of hydrogen-bond acceptors (Lipinski definition) is 0. The van der Waals surface area contributed by atoms with Crippen molar-refractivity contribution in [3.8, 4) is 0 Å². The highest BCUT2D eigenvalue weighted by atomic mass is 14.1. The predicted molar refractivity (Wildman–Crippen MR) is 77.9 cm³/mol. The molecule has 3 rings (SSSR count). The van der Waals surface area contributed by atoms with Crippen LogP contribution in [0.25, 0.3) is 10.8 Å². The standard InChI is InChI=1S/C18H16/c1-14-6-2-3-8-17(14)12-15-10-11-16-7-4-5-9-18(16)13-15/h2-11,13H,12H2,1H3. The topological polar surface area (TPSA) is 0 Å². The van der Waals surface area contributed by atoms with Gasteiger partial charge in [0.05, 0.1) is 0 Å². The van der Waals surface area contributed by atoms with E-state index in [0.717, 1.165) is 6.42 Å². The Bertz CT molecular complexity index is 680. The lowest BCUT2D eigenvalue weighted by Crippen LogP contribution is -1.91. The quantitative estimate of drug-likeness (QED) is 0.598. The summed E-state index contributed by atoms with van der Waals surface area (Å²) in [5, 5.41) is 2.63. The molecule has 0 atom stereocenters. The van der Waals surface area contributed by atoms with Gasteiger partial charge in [0.1, 0.15) is 0 Å². The molecule has 0 aliphatic carbocycles. The Morgan fingerprint density at radius 3 is 2.28 bits per heavy atom. The van der Waals surface area contributed by atoms with E-state index in [9.17, 15) is 0 Å². The number of rotatable bonds is 2. The van der Waals surface area contributed by atoms with Gasteiger partial charge in [-0.3, -0.25) is 0 Å². The Labute approximate surface area is 108 Å². The van der Waals surface area contributed by atoms with Crippen LogP contribution in [0, 0.1) is 6.92 Å². The number of fused-ring (bicyclic) bond motifs is 1. The summed E-state index contributed by atoms with van der Waals surface area (Å²) < 4.78 is 0. The molecule has 0 saturated heterocycles. The van der Waals surface area contributed by atoms with Crippen molar-refractivity contribution in [3.05, 3.63) is 83.4 Å². The van der Waals surface area contributed by atoms with Crippen LogP contribution < -0.4 is 0 Å². The Morgan fingerprint density at radius 2 is 1.44 bits per heavy atom. The highest BCUT2D eigenvalue weighted by molar-refractivity contribution is 5.83. The first-order valence-corrected chi connectivity index (χ1v) is 6.35. The molecule has 0 heterocycles. The van der Waals surface area contributed by atoms with Crippen LogP contribution in [0.2, 0.25) is 0 Å². The van der Waals surface area contributed by atoms with Crippen molar-refractivity contribution in [1.82, 2.24) is 0 Å². The maximum atomic E-state index is 2.29. The summed E-state index contributed by atoms with van der Waals surface area (Å²) in [6.07, 6.45) is 1.01. The smallest absolute Gasteiger partial charge is 0.00229 e. The van der Waals surface area contributed by atoms with Gasteiger partial charge in [-0.25, -0.2) is 0 Å². The molecule has 0 nitrogen and oxygen atoms in total. The highest BCUT2D eigenvalue weighted by Crippen LogP contribution is 2.19. The van der Waals surface area contributed by atoms with Gasteiger partial charge in [-0.05, 0) is 40.8 Å². The molecule has 0 bridgehead atoms. The first-order valence-electron chi connectivity index (χ1n) is 6.35. The minimum absolute atomic E-state index is 1.01. The van der Waals surface area contributed by atoms with Gasteiger partial charge < -0.3 is 0 Å². The Hall–Kier alpha value is -2.08. The second kappa shape index (κ2) is 4.66. The molecule has 0 spiro atoms. The lowest BCUT2D eigenvalue weighted by atomic mass is 9.98. The minimum atomic E-state index is 1.01.